The second kappa shape index (κ2) is 17.1. The maximum absolute atomic E-state index is 5.26. The third-order valence-corrected chi connectivity index (χ3v) is 15.7. The van der Waals surface area contributed by atoms with Gasteiger partial charge in [0.1, 0.15) is 0 Å². The minimum Gasteiger partial charge on any atom is -0.309 e. The van der Waals surface area contributed by atoms with Gasteiger partial charge in [-0.3, -0.25) is 0 Å². The first kappa shape index (κ1) is 43.0. The average molecular weight is 981 g/mol. The molecule has 358 valence electrons. The number of hydrogen-bond donors (Lipinski definition) is 0. The number of fused-ring (bicyclic) bond motifs is 11. The summed E-state index contributed by atoms with van der Waals surface area (Å²) in [6, 6.07) is 96.0. The van der Waals surface area contributed by atoms with Crippen LogP contribution in [0.2, 0.25) is 0 Å². The Morgan fingerprint density at radius 1 is 0.208 bits per heavy atom. The van der Waals surface area contributed by atoms with Crippen LogP contribution in [0.1, 0.15) is 0 Å². The van der Waals surface area contributed by atoms with Crippen molar-refractivity contribution in [2.45, 2.75) is 0 Å². The normalized spacial score (nSPS) is 11.9. The van der Waals surface area contributed by atoms with E-state index in [-0.39, 0.29) is 0 Å². The predicted molar refractivity (Wildman–Crippen MR) is 320 cm³/mol. The molecule has 0 saturated heterocycles. The van der Waals surface area contributed by atoms with Crippen LogP contribution in [0.3, 0.4) is 0 Å². The van der Waals surface area contributed by atoms with Gasteiger partial charge >= 0.3 is 0 Å². The van der Waals surface area contributed by atoms with Gasteiger partial charge in [-0.25, -0.2) is 15.0 Å². The summed E-state index contributed by atoms with van der Waals surface area (Å²) in [5.74, 6) is 1.89. The lowest BCUT2D eigenvalue weighted by atomic mass is 10.0. The predicted octanol–water partition coefficient (Wildman–Crippen LogP) is 18.1. The summed E-state index contributed by atoms with van der Waals surface area (Å²) in [6.45, 7) is 0. The van der Waals surface area contributed by atoms with E-state index in [0.717, 1.165) is 71.9 Å². The first-order valence-electron chi connectivity index (χ1n) is 26.2. The lowest BCUT2D eigenvalue weighted by Crippen LogP contribution is -2.01. The first-order chi connectivity index (χ1) is 38.2. The Morgan fingerprint density at radius 2 is 0.558 bits per heavy atom. The lowest BCUT2D eigenvalue weighted by molar-refractivity contribution is 1.08. The molecular formula is C71H44N6. The molecule has 0 bridgehead atoms. The van der Waals surface area contributed by atoms with Crippen molar-refractivity contribution >= 4 is 87.0 Å². The molecule has 16 aromatic rings. The van der Waals surface area contributed by atoms with E-state index >= 15 is 0 Å². The van der Waals surface area contributed by atoms with E-state index in [2.05, 4.69) is 281 Å². The number of rotatable bonds is 7. The molecule has 0 unspecified atom stereocenters. The molecule has 0 radical (unpaired) electrons. The minimum atomic E-state index is 0.615. The molecule has 0 fully saturated rings. The fraction of sp³-hybridized carbons (Fsp3) is 0. The molecule has 6 nitrogen and oxygen atoms in total. The first-order valence-corrected chi connectivity index (χ1v) is 26.2. The van der Waals surface area contributed by atoms with Crippen LogP contribution in [0.15, 0.2) is 267 Å². The van der Waals surface area contributed by atoms with Crippen molar-refractivity contribution in [1.82, 2.24) is 28.7 Å². The average Bonchev–Trinajstić information content (AvgIpc) is 4.16. The summed E-state index contributed by atoms with van der Waals surface area (Å²) in [6.07, 6.45) is 0. The summed E-state index contributed by atoms with van der Waals surface area (Å²) in [4.78, 5) is 15.7. The molecule has 0 N–H and O–H groups in total. The van der Waals surface area contributed by atoms with Gasteiger partial charge in [0.15, 0.2) is 17.5 Å². The molecule has 0 saturated carbocycles. The van der Waals surface area contributed by atoms with Crippen LogP contribution in [0.4, 0.5) is 0 Å². The molecule has 12 aromatic carbocycles. The minimum absolute atomic E-state index is 0.615. The zero-order valence-electron chi connectivity index (χ0n) is 41.6. The van der Waals surface area contributed by atoms with E-state index in [4.69, 9.17) is 15.0 Å². The molecule has 4 heterocycles. The van der Waals surface area contributed by atoms with Gasteiger partial charge in [0.05, 0.1) is 33.1 Å². The molecule has 77 heavy (non-hydrogen) atoms. The van der Waals surface area contributed by atoms with Crippen molar-refractivity contribution in [2.24, 2.45) is 0 Å². The summed E-state index contributed by atoms with van der Waals surface area (Å²) in [5, 5.41) is 11.7. The molecule has 0 aliphatic heterocycles. The summed E-state index contributed by atoms with van der Waals surface area (Å²) < 4.78 is 7.19. The van der Waals surface area contributed by atoms with Gasteiger partial charge in [0, 0.05) is 66.1 Å². The molecule has 0 atom stereocenters. The molecule has 16 rings (SSSR count). The van der Waals surface area contributed by atoms with Crippen LogP contribution < -0.4 is 0 Å². The molecular weight excluding hydrogens is 937 g/mol. The van der Waals surface area contributed by atoms with Crippen LogP contribution in [-0.4, -0.2) is 28.7 Å². The number of nitrogens with zero attached hydrogens (tertiary/aromatic N) is 6. The summed E-state index contributed by atoms with van der Waals surface area (Å²) in [5.41, 5.74) is 15.4. The maximum Gasteiger partial charge on any atom is 0.164 e. The van der Waals surface area contributed by atoms with E-state index in [1.165, 1.54) is 59.9 Å². The third kappa shape index (κ3) is 6.79. The highest BCUT2D eigenvalue weighted by molar-refractivity contribution is 6.14. The highest BCUT2D eigenvalue weighted by Crippen LogP contribution is 2.41. The van der Waals surface area contributed by atoms with Crippen LogP contribution >= 0.6 is 0 Å². The van der Waals surface area contributed by atoms with Crippen LogP contribution in [0.5, 0.6) is 0 Å². The quantitative estimate of drug-likeness (QED) is 0.160. The summed E-state index contributed by atoms with van der Waals surface area (Å²) in [7, 11) is 0. The Morgan fingerprint density at radius 3 is 1.10 bits per heavy atom. The van der Waals surface area contributed by atoms with Crippen molar-refractivity contribution in [1.29, 1.82) is 0 Å². The van der Waals surface area contributed by atoms with Gasteiger partial charge in [0.2, 0.25) is 0 Å². The smallest absolute Gasteiger partial charge is 0.164 e. The van der Waals surface area contributed by atoms with Crippen molar-refractivity contribution < 1.29 is 0 Å². The van der Waals surface area contributed by atoms with Gasteiger partial charge in [0.25, 0.3) is 0 Å². The third-order valence-electron chi connectivity index (χ3n) is 15.7. The van der Waals surface area contributed by atoms with Crippen molar-refractivity contribution in [2.75, 3.05) is 0 Å². The van der Waals surface area contributed by atoms with E-state index in [1.54, 1.807) is 0 Å². The standard InChI is InChI=1S/C71H44N6/c1-2-20-50(21-3-1)75-65-31-13-10-26-57(65)60-42-48(34-39-66(60)75)49-35-40-67-61(43-49)62-44-52(77-63-29-11-8-24-55(63)56-25-9-12-30-64(56)77)38-41-68(62)76(67)51-36-32-47(33-37-51)69-72-70(58-27-14-18-45-16-4-6-22-53(45)58)74-71(73-69)59-28-15-19-46-17-5-7-23-54(46)59/h1-44H. The molecule has 0 amide bonds. The Labute approximate surface area is 442 Å². The van der Waals surface area contributed by atoms with Gasteiger partial charge < -0.3 is 13.7 Å². The molecule has 6 heteroatoms. The van der Waals surface area contributed by atoms with Crippen molar-refractivity contribution in [3.05, 3.63) is 267 Å². The summed E-state index contributed by atoms with van der Waals surface area (Å²) >= 11 is 0. The zero-order chi connectivity index (χ0) is 50.6. The van der Waals surface area contributed by atoms with E-state index in [1.807, 2.05) is 0 Å². The van der Waals surface area contributed by atoms with E-state index in [9.17, 15) is 0 Å². The zero-order valence-corrected chi connectivity index (χ0v) is 41.6. The number of aromatic nitrogens is 6. The van der Waals surface area contributed by atoms with Crippen LogP contribution in [0.25, 0.3) is 149 Å². The fourth-order valence-electron chi connectivity index (χ4n) is 12.2. The lowest BCUT2D eigenvalue weighted by Gasteiger charge is -2.13. The van der Waals surface area contributed by atoms with Gasteiger partial charge in [-0.15, -0.1) is 0 Å². The largest absolute Gasteiger partial charge is 0.309 e. The Kier molecular flexibility index (Phi) is 9.53. The topological polar surface area (TPSA) is 53.5 Å². The monoisotopic (exact) mass is 980 g/mol. The molecule has 0 aliphatic rings. The Bertz CT molecular complexity index is 4880. The number of benzene rings is 12. The highest BCUT2D eigenvalue weighted by atomic mass is 15.0. The SMILES string of the molecule is c1ccc(-n2c3ccccc3c3cc(-c4ccc5c(c4)c4cc(-n6c7ccccc7c7ccccc76)ccc4n5-c4ccc(-c5nc(-c6cccc7ccccc67)nc(-c6cccc7ccccc67)n5)cc4)ccc32)cc1. The highest BCUT2D eigenvalue weighted by Gasteiger charge is 2.21. The van der Waals surface area contributed by atoms with Crippen LogP contribution in [0, 0.1) is 0 Å². The Hall–Kier alpha value is -10.4. The van der Waals surface area contributed by atoms with Gasteiger partial charge in [-0.2, -0.15) is 0 Å². The van der Waals surface area contributed by atoms with Gasteiger partial charge in [-0.05, 0) is 130 Å². The second-order valence-electron chi connectivity index (χ2n) is 20.0. The van der Waals surface area contributed by atoms with Gasteiger partial charge in [-0.1, -0.05) is 170 Å². The van der Waals surface area contributed by atoms with Crippen molar-refractivity contribution in [3.63, 3.8) is 0 Å². The van der Waals surface area contributed by atoms with Crippen LogP contribution in [-0.2, 0) is 0 Å². The number of hydrogen-bond acceptors (Lipinski definition) is 3. The molecule has 0 aliphatic carbocycles. The van der Waals surface area contributed by atoms with Crippen molar-refractivity contribution in [3.8, 4) is 62.4 Å². The Balaban J connectivity index is 0.878. The molecule has 0 spiro atoms. The van der Waals surface area contributed by atoms with E-state index < -0.39 is 0 Å². The second-order valence-corrected chi connectivity index (χ2v) is 20.0. The van der Waals surface area contributed by atoms with E-state index in [0.29, 0.717) is 17.5 Å². The number of para-hydroxylation sites is 4. The maximum atomic E-state index is 5.26. The molecule has 4 aromatic heterocycles. The fourth-order valence-corrected chi connectivity index (χ4v) is 12.2.